The molecule has 76 valence electrons. The highest BCUT2D eigenvalue weighted by molar-refractivity contribution is 6.67. The maximum Gasteiger partial charge on any atom is 0.280 e. The summed E-state index contributed by atoms with van der Waals surface area (Å²) in [5.41, 5.74) is -0.981. The molecule has 0 bridgehead atoms. The molecule has 0 aliphatic carbocycles. The van der Waals surface area contributed by atoms with Gasteiger partial charge in [-0.25, -0.2) is 13.8 Å². The number of aryl methyl sites for hydroxylation is 1. The first-order valence-corrected chi connectivity index (χ1v) is 3.99. The van der Waals surface area contributed by atoms with Gasteiger partial charge in [0.2, 0.25) is 0 Å². The minimum atomic E-state index is -2.80. The third-order valence-corrected chi connectivity index (χ3v) is 1.79. The third kappa shape index (κ3) is 1.98. The van der Waals surface area contributed by atoms with Crippen LogP contribution in [0.15, 0.2) is 6.07 Å². The summed E-state index contributed by atoms with van der Waals surface area (Å²) in [4.78, 5) is 13.9. The Morgan fingerprint density at radius 2 is 2.21 bits per heavy atom. The Bertz CT molecular complexity index is 382. The number of carbonyl (C=O) groups is 1. The molecule has 1 heterocycles. The quantitative estimate of drug-likeness (QED) is 0.781. The van der Waals surface area contributed by atoms with Gasteiger partial charge in [-0.05, 0) is 30.2 Å². The number of rotatable bonds is 2. The van der Waals surface area contributed by atoms with Crippen molar-refractivity contribution in [1.82, 2.24) is 4.98 Å². The summed E-state index contributed by atoms with van der Waals surface area (Å²) in [5.74, 6) is -0.464. The zero-order chi connectivity index (χ0) is 10.9. The molecule has 1 N–H and O–H groups in total. The van der Waals surface area contributed by atoms with Crippen LogP contribution in [0.3, 0.4) is 0 Å². The third-order valence-electron chi connectivity index (χ3n) is 1.61. The van der Waals surface area contributed by atoms with Crippen LogP contribution in [-0.2, 0) is 0 Å². The summed E-state index contributed by atoms with van der Waals surface area (Å²) >= 11 is 5.05. The zero-order valence-corrected chi connectivity index (χ0v) is 7.85. The second-order valence-corrected chi connectivity index (χ2v) is 2.98. The fourth-order valence-electron chi connectivity index (χ4n) is 0.940. The van der Waals surface area contributed by atoms with E-state index in [-0.39, 0.29) is 5.56 Å². The fraction of sp³-hybridized carbons (Fsp3) is 0.250. The maximum atomic E-state index is 12.2. The molecule has 0 aromatic carbocycles. The molecule has 1 rings (SSSR count). The van der Waals surface area contributed by atoms with Crippen LogP contribution in [0.5, 0.6) is 5.75 Å². The van der Waals surface area contributed by atoms with Crippen LogP contribution in [0, 0.1) is 6.92 Å². The van der Waals surface area contributed by atoms with Crippen LogP contribution in [0.1, 0.15) is 28.2 Å². The van der Waals surface area contributed by atoms with Gasteiger partial charge in [0.15, 0.2) is 5.69 Å². The van der Waals surface area contributed by atoms with Crippen molar-refractivity contribution in [2.24, 2.45) is 0 Å². The van der Waals surface area contributed by atoms with E-state index in [9.17, 15) is 18.7 Å². The van der Waals surface area contributed by atoms with Crippen LogP contribution < -0.4 is 0 Å². The van der Waals surface area contributed by atoms with Crippen LogP contribution in [-0.4, -0.2) is 15.3 Å². The molecule has 0 unspecified atom stereocenters. The summed E-state index contributed by atoms with van der Waals surface area (Å²) in [7, 11) is 0. The molecule has 0 fully saturated rings. The van der Waals surface area contributed by atoms with Crippen molar-refractivity contribution < 1.29 is 18.7 Å². The molecule has 0 spiro atoms. The normalized spacial score (nSPS) is 10.6. The predicted molar refractivity (Wildman–Crippen MR) is 45.8 cm³/mol. The lowest BCUT2D eigenvalue weighted by atomic mass is 10.2. The molecular weight excluding hydrogens is 216 g/mol. The van der Waals surface area contributed by atoms with Gasteiger partial charge in [0.25, 0.3) is 11.7 Å². The Hall–Kier alpha value is -1.23. The first-order chi connectivity index (χ1) is 6.43. The van der Waals surface area contributed by atoms with Crippen LogP contribution in [0.2, 0.25) is 0 Å². The van der Waals surface area contributed by atoms with Crippen molar-refractivity contribution in [2.75, 3.05) is 0 Å². The number of pyridine rings is 1. The van der Waals surface area contributed by atoms with E-state index in [2.05, 4.69) is 4.98 Å². The second kappa shape index (κ2) is 3.88. The molecule has 14 heavy (non-hydrogen) atoms. The van der Waals surface area contributed by atoms with Gasteiger partial charge < -0.3 is 5.11 Å². The molecule has 0 aliphatic heterocycles. The summed E-state index contributed by atoms with van der Waals surface area (Å²) in [5, 5.41) is 8.20. The van der Waals surface area contributed by atoms with Crippen LogP contribution in [0.25, 0.3) is 0 Å². The molecular formula is C8H6ClF2NO2. The molecule has 0 aliphatic rings. The van der Waals surface area contributed by atoms with Gasteiger partial charge in [0.05, 0.1) is 0 Å². The Morgan fingerprint density at radius 3 is 2.64 bits per heavy atom. The van der Waals surface area contributed by atoms with Crippen molar-refractivity contribution >= 4 is 16.8 Å². The molecule has 1 aromatic heterocycles. The summed E-state index contributed by atoms with van der Waals surface area (Å²) in [6.07, 6.45) is -2.80. The highest BCUT2D eigenvalue weighted by Crippen LogP contribution is 2.26. The largest absolute Gasteiger partial charge is 0.505 e. The fourth-order valence-corrected chi connectivity index (χ4v) is 1.07. The van der Waals surface area contributed by atoms with Crippen molar-refractivity contribution in [2.45, 2.75) is 13.3 Å². The van der Waals surface area contributed by atoms with E-state index in [0.29, 0.717) is 0 Å². The number of halogens is 3. The van der Waals surface area contributed by atoms with Gasteiger partial charge >= 0.3 is 0 Å². The molecule has 0 radical (unpaired) electrons. The molecule has 0 atom stereocenters. The van der Waals surface area contributed by atoms with E-state index in [1.54, 1.807) is 0 Å². The van der Waals surface area contributed by atoms with Crippen LogP contribution in [0.4, 0.5) is 8.78 Å². The minimum absolute atomic E-state index is 0.138. The number of alkyl halides is 2. The van der Waals surface area contributed by atoms with Gasteiger partial charge in [-0.2, -0.15) is 0 Å². The minimum Gasteiger partial charge on any atom is -0.505 e. The summed E-state index contributed by atoms with van der Waals surface area (Å²) < 4.78 is 24.4. The van der Waals surface area contributed by atoms with Crippen molar-refractivity contribution in [3.8, 4) is 5.75 Å². The molecule has 0 saturated heterocycles. The van der Waals surface area contributed by atoms with Gasteiger partial charge in [0, 0.05) is 0 Å². The molecule has 1 aromatic rings. The van der Waals surface area contributed by atoms with E-state index in [1.807, 2.05) is 0 Å². The maximum absolute atomic E-state index is 12.2. The first kappa shape index (κ1) is 10.8. The van der Waals surface area contributed by atoms with Gasteiger partial charge in [-0.1, -0.05) is 0 Å². The Morgan fingerprint density at radius 1 is 1.64 bits per heavy atom. The highest BCUT2D eigenvalue weighted by Gasteiger charge is 2.18. The number of aromatic nitrogens is 1. The standard InChI is InChI=1S/C8H6ClF2NO2/c1-3-2-4(8(10)11)12-5(6(3)13)7(9)14/h2,8,13H,1H3. The molecule has 0 saturated carbocycles. The Kier molecular flexibility index (Phi) is 3.00. The average molecular weight is 222 g/mol. The number of nitrogens with zero attached hydrogens (tertiary/aromatic N) is 1. The zero-order valence-electron chi connectivity index (χ0n) is 7.09. The van der Waals surface area contributed by atoms with Gasteiger partial charge in [-0.3, -0.25) is 4.79 Å². The van der Waals surface area contributed by atoms with Gasteiger partial charge in [0.1, 0.15) is 11.4 Å². The summed E-state index contributed by atoms with van der Waals surface area (Å²) in [6, 6.07) is 1.00. The SMILES string of the molecule is Cc1cc(C(F)F)nc(C(=O)Cl)c1O. The van der Waals surface area contributed by atoms with E-state index < -0.39 is 28.8 Å². The lowest BCUT2D eigenvalue weighted by molar-refractivity contribution is 0.107. The van der Waals surface area contributed by atoms with Crippen LogP contribution >= 0.6 is 11.6 Å². The predicted octanol–water partition coefficient (Wildman–Crippen LogP) is 2.41. The first-order valence-electron chi connectivity index (χ1n) is 3.62. The molecule has 6 heteroatoms. The number of hydrogen-bond acceptors (Lipinski definition) is 3. The van der Waals surface area contributed by atoms with Crippen molar-refractivity contribution in [3.05, 3.63) is 23.0 Å². The topological polar surface area (TPSA) is 50.2 Å². The lowest BCUT2D eigenvalue weighted by Gasteiger charge is -2.05. The molecule has 0 amide bonds. The van der Waals surface area contributed by atoms with Crippen molar-refractivity contribution in [3.63, 3.8) is 0 Å². The second-order valence-electron chi connectivity index (χ2n) is 2.64. The average Bonchev–Trinajstić information content (AvgIpc) is 2.08. The summed E-state index contributed by atoms with van der Waals surface area (Å²) in [6.45, 7) is 1.38. The Labute approximate surface area is 83.3 Å². The van der Waals surface area contributed by atoms with E-state index in [1.165, 1.54) is 6.92 Å². The van der Waals surface area contributed by atoms with E-state index >= 15 is 0 Å². The lowest BCUT2D eigenvalue weighted by Crippen LogP contribution is -2.01. The molecule has 3 nitrogen and oxygen atoms in total. The van der Waals surface area contributed by atoms with E-state index in [0.717, 1.165) is 6.07 Å². The number of aromatic hydroxyl groups is 1. The smallest absolute Gasteiger partial charge is 0.280 e. The van der Waals surface area contributed by atoms with E-state index in [4.69, 9.17) is 11.6 Å². The Balaban J connectivity index is 3.35. The van der Waals surface area contributed by atoms with Gasteiger partial charge in [-0.15, -0.1) is 0 Å². The van der Waals surface area contributed by atoms with Crippen molar-refractivity contribution in [1.29, 1.82) is 0 Å². The number of hydrogen-bond donors (Lipinski definition) is 1. The monoisotopic (exact) mass is 221 g/mol. The number of carbonyl (C=O) groups excluding carboxylic acids is 1. The highest BCUT2D eigenvalue weighted by atomic mass is 35.5.